The lowest BCUT2D eigenvalue weighted by atomic mass is 10.00. The van der Waals surface area contributed by atoms with Crippen molar-refractivity contribution in [2.75, 3.05) is 13.7 Å². The van der Waals surface area contributed by atoms with Crippen molar-refractivity contribution in [3.63, 3.8) is 0 Å². The molecule has 1 rings (SSSR count). The zero-order chi connectivity index (χ0) is 18.8. The SMILES string of the molecule is CCCCC(CC)COc1cc(CC(=O)O)c(OC)cc1CC(=O)O. The second kappa shape index (κ2) is 10.6. The van der Waals surface area contributed by atoms with Gasteiger partial charge in [0, 0.05) is 11.1 Å². The minimum Gasteiger partial charge on any atom is -0.496 e. The van der Waals surface area contributed by atoms with Crippen LogP contribution in [0, 0.1) is 5.92 Å². The maximum Gasteiger partial charge on any atom is 0.307 e. The Labute approximate surface area is 148 Å². The molecule has 0 aromatic heterocycles. The zero-order valence-electron chi connectivity index (χ0n) is 15.2. The van der Waals surface area contributed by atoms with Gasteiger partial charge in [-0.3, -0.25) is 9.59 Å². The Bertz CT molecular complexity index is 582. The van der Waals surface area contributed by atoms with Gasteiger partial charge in [0.25, 0.3) is 0 Å². The van der Waals surface area contributed by atoms with E-state index >= 15 is 0 Å². The van der Waals surface area contributed by atoms with Crippen LogP contribution in [0.1, 0.15) is 50.7 Å². The summed E-state index contributed by atoms with van der Waals surface area (Å²) in [5.41, 5.74) is 0.963. The molecular weight excluding hydrogens is 324 g/mol. The van der Waals surface area contributed by atoms with Crippen LogP contribution in [-0.4, -0.2) is 35.9 Å². The third-order valence-corrected chi connectivity index (χ3v) is 4.16. The highest BCUT2D eigenvalue weighted by Gasteiger charge is 2.17. The molecule has 6 nitrogen and oxygen atoms in total. The van der Waals surface area contributed by atoms with Gasteiger partial charge in [-0.2, -0.15) is 0 Å². The summed E-state index contributed by atoms with van der Waals surface area (Å²) >= 11 is 0. The van der Waals surface area contributed by atoms with Gasteiger partial charge >= 0.3 is 11.9 Å². The van der Waals surface area contributed by atoms with E-state index in [1.54, 1.807) is 12.1 Å². The molecule has 0 radical (unpaired) electrons. The molecule has 0 amide bonds. The van der Waals surface area contributed by atoms with Gasteiger partial charge in [-0.15, -0.1) is 0 Å². The molecule has 1 aromatic rings. The van der Waals surface area contributed by atoms with Crippen molar-refractivity contribution in [1.29, 1.82) is 0 Å². The Hall–Kier alpha value is -2.24. The Morgan fingerprint density at radius 2 is 1.60 bits per heavy atom. The first-order chi connectivity index (χ1) is 11.9. The summed E-state index contributed by atoms with van der Waals surface area (Å²) < 4.78 is 11.1. The number of benzene rings is 1. The highest BCUT2D eigenvalue weighted by atomic mass is 16.5. The van der Waals surface area contributed by atoms with E-state index in [2.05, 4.69) is 13.8 Å². The predicted octanol–water partition coefficient (Wildman–Crippen LogP) is 3.54. The number of aliphatic carboxylic acids is 2. The van der Waals surface area contributed by atoms with Crippen LogP contribution >= 0.6 is 0 Å². The molecule has 0 aliphatic carbocycles. The van der Waals surface area contributed by atoms with Crippen molar-refractivity contribution < 1.29 is 29.3 Å². The number of ether oxygens (including phenoxy) is 2. The minimum absolute atomic E-state index is 0.204. The molecule has 0 fully saturated rings. The lowest BCUT2D eigenvalue weighted by molar-refractivity contribution is -0.137. The fourth-order valence-corrected chi connectivity index (χ4v) is 2.68. The maximum atomic E-state index is 11.1. The number of carboxylic acid groups (broad SMARTS) is 2. The number of hydrogen-bond acceptors (Lipinski definition) is 4. The average molecular weight is 352 g/mol. The number of carboxylic acids is 2. The van der Waals surface area contributed by atoms with E-state index < -0.39 is 11.9 Å². The Balaban J connectivity index is 3.06. The second-order valence-corrected chi connectivity index (χ2v) is 6.14. The summed E-state index contributed by atoms with van der Waals surface area (Å²) in [5.74, 6) is -0.776. The number of rotatable bonds is 12. The largest absolute Gasteiger partial charge is 0.496 e. The van der Waals surface area contributed by atoms with Gasteiger partial charge in [0.1, 0.15) is 11.5 Å². The first-order valence-electron chi connectivity index (χ1n) is 8.67. The van der Waals surface area contributed by atoms with Crippen LogP contribution in [0.15, 0.2) is 12.1 Å². The van der Waals surface area contributed by atoms with Crippen molar-refractivity contribution in [3.05, 3.63) is 23.3 Å². The van der Waals surface area contributed by atoms with Crippen LogP contribution in [-0.2, 0) is 22.4 Å². The van der Waals surface area contributed by atoms with Gasteiger partial charge in [-0.1, -0.05) is 33.1 Å². The molecule has 2 N–H and O–H groups in total. The Morgan fingerprint density at radius 1 is 1.04 bits per heavy atom. The molecule has 0 heterocycles. The molecule has 25 heavy (non-hydrogen) atoms. The third kappa shape index (κ3) is 7.03. The number of carbonyl (C=O) groups is 2. The fourth-order valence-electron chi connectivity index (χ4n) is 2.68. The highest BCUT2D eigenvalue weighted by Crippen LogP contribution is 2.31. The standard InChI is InChI=1S/C19H28O6/c1-4-6-7-13(5-2)12-25-17-9-14(10-18(20)21)16(24-3)8-15(17)11-19(22)23/h8-9,13H,4-7,10-12H2,1-3H3,(H,20,21)(H,22,23). The van der Waals surface area contributed by atoms with E-state index in [9.17, 15) is 9.59 Å². The molecule has 0 aliphatic rings. The molecule has 0 aliphatic heterocycles. The van der Waals surface area contributed by atoms with E-state index in [0.29, 0.717) is 35.2 Å². The Morgan fingerprint density at radius 3 is 2.08 bits per heavy atom. The van der Waals surface area contributed by atoms with Crippen LogP contribution in [0.5, 0.6) is 11.5 Å². The number of methoxy groups -OCH3 is 1. The summed E-state index contributed by atoms with van der Waals surface area (Å²) in [4.78, 5) is 22.2. The average Bonchev–Trinajstić information content (AvgIpc) is 2.55. The quantitative estimate of drug-likeness (QED) is 0.597. The van der Waals surface area contributed by atoms with Crippen molar-refractivity contribution >= 4 is 11.9 Å². The van der Waals surface area contributed by atoms with Gasteiger partial charge < -0.3 is 19.7 Å². The molecule has 140 valence electrons. The van der Waals surface area contributed by atoms with Crippen LogP contribution in [0.25, 0.3) is 0 Å². The van der Waals surface area contributed by atoms with Crippen molar-refractivity contribution in [1.82, 2.24) is 0 Å². The Kier molecular flexibility index (Phi) is 8.81. The summed E-state index contributed by atoms with van der Waals surface area (Å²) in [6.45, 7) is 4.73. The van der Waals surface area contributed by atoms with Gasteiger partial charge in [0.05, 0.1) is 26.6 Å². The van der Waals surface area contributed by atoms with Crippen molar-refractivity contribution in [2.45, 2.75) is 52.4 Å². The van der Waals surface area contributed by atoms with Crippen molar-refractivity contribution in [2.24, 2.45) is 5.92 Å². The molecular formula is C19H28O6. The maximum absolute atomic E-state index is 11.1. The van der Waals surface area contributed by atoms with E-state index in [4.69, 9.17) is 19.7 Å². The van der Waals surface area contributed by atoms with E-state index in [0.717, 1.165) is 25.7 Å². The molecule has 1 atom stereocenters. The van der Waals surface area contributed by atoms with E-state index in [1.807, 2.05) is 0 Å². The monoisotopic (exact) mass is 352 g/mol. The molecule has 0 saturated carbocycles. The molecule has 6 heteroatoms. The highest BCUT2D eigenvalue weighted by molar-refractivity contribution is 5.74. The molecule has 0 saturated heterocycles. The minimum atomic E-state index is -0.982. The smallest absolute Gasteiger partial charge is 0.307 e. The third-order valence-electron chi connectivity index (χ3n) is 4.16. The lowest BCUT2D eigenvalue weighted by Gasteiger charge is -2.19. The zero-order valence-corrected chi connectivity index (χ0v) is 15.2. The van der Waals surface area contributed by atoms with Crippen LogP contribution in [0.3, 0.4) is 0 Å². The predicted molar refractivity (Wildman–Crippen MR) is 94.5 cm³/mol. The normalized spacial score (nSPS) is 11.8. The summed E-state index contributed by atoms with van der Waals surface area (Å²) in [7, 11) is 1.43. The summed E-state index contributed by atoms with van der Waals surface area (Å²) in [6, 6.07) is 3.16. The van der Waals surface area contributed by atoms with Gasteiger partial charge in [0.15, 0.2) is 0 Å². The number of hydrogen-bond donors (Lipinski definition) is 2. The van der Waals surface area contributed by atoms with E-state index in [-0.39, 0.29) is 12.8 Å². The van der Waals surface area contributed by atoms with Crippen LogP contribution < -0.4 is 9.47 Å². The van der Waals surface area contributed by atoms with Gasteiger partial charge in [0.2, 0.25) is 0 Å². The first-order valence-corrected chi connectivity index (χ1v) is 8.67. The van der Waals surface area contributed by atoms with Gasteiger partial charge in [-0.25, -0.2) is 0 Å². The van der Waals surface area contributed by atoms with Crippen LogP contribution in [0.2, 0.25) is 0 Å². The second-order valence-electron chi connectivity index (χ2n) is 6.14. The van der Waals surface area contributed by atoms with E-state index in [1.165, 1.54) is 7.11 Å². The van der Waals surface area contributed by atoms with Gasteiger partial charge in [-0.05, 0) is 24.5 Å². The van der Waals surface area contributed by atoms with Crippen molar-refractivity contribution in [3.8, 4) is 11.5 Å². The molecule has 1 unspecified atom stereocenters. The molecule has 0 bridgehead atoms. The lowest BCUT2D eigenvalue weighted by Crippen LogP contribution is -2.14. The molecule has 1 aromatic carbocycles. The topological polar surface area (TPSA) is 93.1 Å². The number of unbranched alkanes of at least 4 members (excludes halogenated alkanes) is 1. The van der Waals surface area contributed by atoms with Crippen LogP contribution in [0.4, 0.5) is 0 Å². The fraction of sp³-hybridized carbons (Fsp3) is 0.579. The summed E-state index contributed by atoms with van der Waals surface area (Å²) in [5, 5.41) is 18.2. The summed E-state index contributed by atoms with van der Waals surface area (Å²) in [6.07, 6.45) is 3.86. The molecule has 0 spiro atoms. The first kappa shape index (κ1) is 20.8.